The predicted molar refractivity (Wildman–Crippen MR) is 74.8 cm³/mol. The normalized spacial score (nSPS) is 16.2. The average Bonchev–Trinajstić information content (AvgIpc) is 2.39. The molecular weight excluding hydrogens is 258 g/mol. The van der Waals surface area contributed by atoms with E-state index < -0.39 is 5.97 Å². The van der Waals surface area contributed by atoms with E-state index in [4.69, 9.17) is 9.84 Å². The molecule has 1 aliphatic carbocycles. The van der Waals surface area contributed by atoms with Crippen LogP contribution in [-0.4, -0.2) is 34.2 Å². The summed E-state index contributed by atoms with van der Waals surface area (Å²) in [5.74, 6) is 0.495. The van der Waals surface area contributed by atoms with Crippen LogP contribution in [0.4, 0.5) is 5.82 Å². The van der Waals surface area contributed by atoms with E-state index in [1.54, 1.807) is 6.07 Å². The number of nitrogens with zero attached hydrogens (tertiary/aromatic N) is 2. The van der Waals surface area contributed by atoms with E-state index in [0.717, 1.165) is 25.7 Å². The van der Waals surface area contributed by atoms with Crippen LogP contribution in [0.15, 0.2) is 12.4 Å². The Bertz CT molecular complexity index is 461. The Labute approximate surface area is 118 Å². The molecule has 6 heteroatoms. The molecule has 1 aromatic heterocycles. The number of hydrogen-bond donors (Lipinski definition) is 2. The fourth-order valence-electron chi connectivity index (χ4n) is 2.41. The van der Waals surface area contributed by atoms with Crippen molar-refractivity contribution in [2.75, 3.05) is 18.5 Å². The predicted octanol–water partition coefficient (Wildman–Crippen LogP) is 2.32. The maximum absolute atomic E-state index is 10.9. The van der Waals surface area contributed by atoms with Crippen molar-refractivity contribution < 1.29 is 14.6 Å². The van der Waals surface area contributed by atoms with Crippen LogP contribution in [0, 0.1) is 5.41 Å². The van der Waals surface area contributed by atoms with Crippen LogP contribution < -0.4 is 10.1 Å². The van der Waals surface area contributed by atoms with E-state index in [1.807, 2.05) is 6.92 Å². The van der Waals surface area contributed by atoms with Crippen molar-refractivity contribution in [2.24, 2.45) is 5.41 Å². The van der Waals surface area contributed by atoms with Gasteiger partial charge in [0.2, 0.25) is 5.88 Å². The lowest BCUT2D eigenvalue weighted by Gasteiger charge is -2.41. The first-order chi connectivity index (χ1) is 9.63. The van der Waals surface area contributed by atoms with Crippen LogP contribution in [0.5, 0.6) is 5.88 Å². The molecule has 2 rings (SSSR count). The second-order valence-electron chi connectivity index (χ2n) is 5.37. The molecule has 6 nitrogen and oxygen atoms in total. The van der Waals surface area contributed by atoms with Crippen LogP contribution in [0.1, 0.15) is 39.0 Å². The highest BCUT2D eigenvalue weighted by Crippen LogP contribution is 2.43. The molecule has 1 aliphatic rings. The van der Waals surface area contributed by atoms with Crippen LogP contribution in [0.2, 0.25) is 0 Å². The van der Waals surface area contributed by atoms with Gasteiger partial charge in [0.15, 0.2) is 0 Å². The molecule has 1 saturated carbocycles. The molecule has 2 N–H and O–H groups in total. The van der Waals surface area contributed by atoms with Gasteiger partial charge in [-0.05, 0) is 24.7 Å². The molecule has 1 fully saturated rings. The van der Waals surface area contributed by atoms with Crippen molar-refractivity contribution in [3.63, 3.8) is 0 Å². The minimum absolute atomic E-state index is 0.124. The fraction of sp³-hybridized carbons (Fsp3) is 0.643. The molecule has 0 bridgehead atoms. The topological polar surface area (TPSA) is 84.3 Å². The summed E-state index contributed by atoms with van der Waals surface area (Å²) in [5, 5.41) is 12.2. The molecular formula is C14H21N3O3. The summed E-state index contributed by atoms with van der Waals surface area (Å²) in [6.07, 6.45) is 5.60. The number of rotatable bonds is 8. The third kappa shape index (κ3) is 3.82. The molecule has 20 heavy (non-hydrogen) atoms. The number of carbonyl (C=O) groups is 1. The highest BCUT2D eigenvalue weighted by atomic mass is 16.5. The number of carboxylic acid groups (broad SMARTS) is 1. The van der Waals surface area contributed by atoms with Gasteiger partial charge in [0.05, 0.1) is 13.0 Å². The van der Waals surface area contributed by atoms with Gasteiger partial charge in [0, 0.05) is 12.6 Å². The summed E-state index contributed by atoms with van der Waals surface area (Å²) in [7, 11) is 0. The zero-order chi connectivity index (χ0) is 14.4. The molecule has 0 aliphatic heterocycles. The van der Waals surface area contributed by atoms with Gasteiger partial charge >= 0.3 is 5.97 Å². The summed E-state index contributed by atoms with van der Waals surface area (Å²) in [5.41, 5.74) is -0.124. The molecule has 1 aromatic rings. The van der Waals surface area contributed by atoms with Crippen molar-refractivity contribution >= 4 is 11.8 Å². The van der Waals surface area contributed by atoms with Crippen molar-refractivity contribution in [1.82, 2.24) is 9.97 Å². The number of carboxylic acids is 1. The molecule has 0 atom stereocenters. The van der Waals surface area contributed by atoms with Gasteiger partial charge in [-0.1, -0.05) is 13.3 Å². The summed E-state index contributed by atoms with van der Waals surface area (Å²) in [6, 6.07) is 1.75. The number of aliphatic carboxylic acids is 1. The Morgan fingerprint density at radius 2 is 2.30 bits per heavy atom. The molecule has 0 spiro atoms. The third-order valence-electron chi connectivity index (χ3n) is 3.68. The van der Waals surface area contributed by atoms with Gasteiger partial charge in [-0.3, -0.25) is 4.79 Å². The number of ether oxygens (including phenoxy) is 1. The number of anilines is 1. The smallest absolute Gasteiger partial charge is 0.303 e. The van der Waals surface area contributed by atoms with E-state index in [1.165, 1.54) is 6.33 Å². The maximum Gasteiger partial charge on any atom is 0.303 e. The maximum atomic E-state index is 10.9. The first kappa shape index (κ1) is 14.6. The molecule has 0 unspecified atom stereocenters. The molecule has 0 amide bonds. The Hall–Kier alpha value is -1.85. The molecule has 0 radical (unpaired) electrons. The van der Waals surface area contributed by atoms with Gasteiger partial charge in [0.1, 0.15) is 12.1 Å². The summed E-state index contributed by atoms with van der Waals surface area (Å²) in [6.45, 7) is 3.29. The van der Waals surface area contributed by atoms with Gasteiger partial charge in [-0.2, -0.15) is 0 Å². The lowest BCUT2D eigenvalue weighted by Crippen LogP contribution is -2.38. The molecule has 0 aromatic carbocycles. The van der Waals surface area contributed by atoms with Crippen molar-refractivity contribution in [2.45, 2.75) is 39.0 Å². The van der Waals surface area contributed by atoms with Crippen LogP contribution in [-0.2, 0) is 4.79 Å². The lowest BCUT2D eigenvalue weighted by atomic mass is 9.66. The van der Waals surface area contributed by atoms with Crippen molar-refractivity contribution in [1.29, 1.82) is 0 Å². The quantitative estimate of drug-likeness (QED) is 0.759. The monoisotopic (exact) mass is 279 g/mol. The minimum atomic E-state index is -0.735. The van der Waals surface area contributed by atoms with Gasteiger partial charge in [0.25, 0.3) is 0 Å². The summed E-state index contributed by atoms with van der Waals surface area (Å²) < 4.78 is 5.45. The zero-order valence-corrected chi connectivity index (χ0v) is 11.8. The van der Waals surface area contributed by atoms with Gasteiger partial charge in [-0.15, -0.1) is 0 Å². The Morgan fingerprint density at radius 1 is 1.50 bits per heavy atom. The van der Waals surface area contributed by atoms with E-state index in [2.05, 4.69) is 15.3 Å². The fourth-order valence-corrected chi connectivity index (χ4v) is 2.41. The highest BCUT2D eigenvalue weighted by Gasteiger charge is 2.38. The lowest BCUT2D eigenvalue weighted by molar-refractivity contribution is -0.141. The van der Waals surface area contributed by atoms with E-state index in [0.29, 0.717) is 24.8 Å². The van der Waals surface area contributed by atoms with Crippen LogP contribution in [0.3, 0.4) is 0 Å². The Balaban J connectivity index is 1.91. The van der Waals surface area contributed by atoms with Crippen molar-refractivity contribution in [3.8, 4) is 5.88 Å². The van der Waals surface area contributed by atoms with E-state index in [-0.39, 0.29) is 11.8 Å². The number of nitrogens with one attached hydrogen (secondary N) is 1. The third-order valence-corrected chi connectivity index (χ3v) is 3.68. The van der Waals surface area contributed by atoms with E-state index >= 15 is 0 Å². The Morgan fingerprint density at radius 3 is 2.90 bits per heavy atom. The van der Waals surface area contributed by atoms with Gasteiger partial charge in [-0.25, -0.2) is 9.97 Å². The molecule has 0 saturated heterocycles. The molecule has 110 valence electrons. The van der Waals surface area contributed by atoms with Gasteiger partial charge < -0.3 is 15.2 Å². The number of aromatic nitrogens is 2. The summed E-state index contributed by atoms with van der Waals surface area (Å²) in [4.78, 5) is 19.1. The minimum Gasteiger partial charge on any atom is -0.481 e. The van der Waals surface area contributed by atoms with E-state index in [9.17, 15) is 4.79 Å². The van der Waals surface area contributed by atoms with Crippen LogP contribution >= 0.6 is 0 Å². The summed E-state index contributed by atoms with van der Waals surface area (Å²) >= 11 is 0. The zero-order valence-electron chi connectivity index (χ0n) is 11.8. The second kappa shape index (κ2) is 6.54. The average molecular weight is 279 g/mol. The van der Waals surface area contributed by atoms with Crippen molar-refractivity contribution in [3.05, 3.63) is 12.4 Å². The first-order valence-corrected chi connectivity index (χ1v) is 7.04. The first-order valence-electron chi connectivity index (χ1n) is 7.04. The standard InChI is InChI=1S/C14H21N3O3/c1-2-6-20-12-7-11(16-10-17-12)15-9-14(4-3-5-14)8-13(18)19/h7,10H,2-6,8-9H2,1H3,(H,18,19)(H,15,16,17). The molecule has 1 heterocycles. The van der Waals surface area contributed by atoms with Crippen LogP contribution in [0.25, 0.3) is 0 Å². The number of hydrogen-bond acceptors (Lipinski definition) is 5. The SMILES string of the molecule is CCCOc1cc(NCC2(CC(=O)O)CCC2)ncn1. The Kier molecular flexibility index (Phi) is 4.76. The second-order valence-corrected chi connectivity index (χ2v) is 5.37. The largest absolute Gasteiger partial charge is 0.481 e. The highest BCUT2D eigenvalue weighted by molar-refractivity contribution is 5.68.